The van der Waals surface area contributed by atoms with Gasteiger partial charge in [0.25, 0.3) is 0 Å². The minimum atomic E-state index is -0.437. The number of hydrogen-bond donors (Lipinski definition) is 1. The van der Waals surface area contributed by atoms with Crippen molar-refractivity contribution in [3.05, 3.63) is 58.4 Å². The number of esters is 1. The molecule has 0 amide bonds. The fourth-order valence-electron chi connectivity index (χ4n) is 3.49. The van der Waals surface area contributed by atoms with E-state index in [0.717, 1.165) is 17.7 Å². The molecule has 0 unspecified atom stereocenters. The molecule has 1 N–H and O–H groups in total. The van der Waals surface area contributed by atoms with Crippen molar-refractivity contribution in [2.75, 3.05) is 13.2 Å². The third-order valence-electron chi connectivity index (χ3n) is 4.73. The fourth-order valence-corrected chi connectivity index (χ4v) is 3.49. The smallest absolute Gasteiger partial charge is 0.355 e. The predicted molar refractivity (Wildman–Crippen MR) is 98.7 cm³/mol. The normalized spacial score (nSPS) is 16.6. The Kier molecular flexibility index (Phi) is 5.57. The summed E-state index contributed by atoms with van der Waals surface area (Å²) < 4.78 is 10.7. The highest BCUT2D eigenvalue weighted by Gasteiger charge is 2.32. The topological polar surface area (TPSA) is 68.4 Å². The van der Waals surface area contributed by atoms with Crippen molar-refractivity contribution in [3.63, 3.8) is 0 Å². The van der Waals surface area contributed by atoms with Crippen LogP contribution in [0.15, 0.2) is 30.3 Å². The second kappa shape index (κ2) is 7.87. The van der Waals surface area contributed by atoms with Crippen LogP contribution in [0.3, 0.4) is 0 Å². The number of Topliss-reactive ketones (excluding diaryl/α,β-unsaturated/α-hetero) is 1. The minimum Gasteiger partial charge on any atom is -0.459 e. The molecule has 3 rings (SSSR count). The van der Waals surface area contributed by atoms with Gasteiger partial charge in [-0.1, -0.05) is 30.3 Å². The molecule has 0 radical (unpaired) electrons. The lowest BCUT2D eigenvalue weighted by Gasteiger charge is -2.22. The number of carbonyl (C=O) groups is 2. The average Bonchev–Trinajstić information content (AvgIpc) is 2.96. The third kappa shape index (κ3) is 3.88. The Bertz CT molecular complexity index is 792. The van der Waals surface area contributed by atoms with Gasteiger partial charge in [0.2, 0.25) is 0 Å². The molecule has 1 heterocycles. The molecule has 5 heteroatoms. The molecule has 5 nitrogen and oxygen atoms in total. The summed E-state index contributed by atoms with van der Waals surface area (Å²) in [7, 11) is 0. The number of rotatable bonds is 6. The van der Waals surface area contributed by atoms with Gasteiger partial charge in [0.1, 0.15) is 12.3 Å². The first-order chi connectivity index (χ1) is 12.5. The lowest BCUT2D eigenvalue weighted by molar-refractivity contribution is 0.0172. The summed E-state index contributed by atoms with van der Waals surface area (Å²) in [5.41, 5.74) is 3.70. The van der Waals surface area contributed by atoms with Gasteiger partial charge in [-0.3, -0.25) is 4.79 Å². The van der Waals surface area contributed by atoms with E-state index in [9.17, 15) is 9.59 Å². The van der Waals surface area contributed by atoms with Crippen molar-refractivity contribution in [1.29, 1.82) is 0 Å². The van der Waals surface area contributed by atoms with E-state index < -0.39 is 5.97 Å². The summed E-state index contributed by atoms with van der Waals surface area (Å²) >= 11 is 0. The van der Waals surface area contributed by atoms with Crippen LogP contribution in [-0.4, -0.2) is 36.1 Å². The zero-order valence-corrected chi connectivity index (χ0v) is 15.5. The highest BCUT2D eigenvalue weighted by atomic mass is 16.6. The van der Waals surface area contributed by atoms with Crippen LogP contribution in [0.4, 0.5) is 0 Å². The zero-order valence-electron chi connectivity index (χ0n) is 15.5. The molecule has 0 saturated heterocycles. The highest BCUT2D eigenvalue weighted by Crippen LogP contribution is 2.35. The molecule has 26 heavy (non-hydrogen) atoms. The van der Waals surface area contributed by atoms with E-state index >= 15 is 0 Å². The van der Waals surface area contributed by atoms with Gasteiger partial charge in [0, 0.05) is 17.7 Å². The van der Waals surface area contributed by atoms with E-state index in [2.05, 4.69) is 4.98 Å². The second-order valence-electron chi connectivity index (χ2n) is 6.97. The lowest BCUT2D eigenvalue weighted by Crippen LogP contribution is -2.18. The number of hydrogen-bond acceptors (Lipinski definition) is 4. The Labute approximate surface area is 153 Å². The molecule has 0 spiro atoms. The molecular formula is C21H25NO4. The van der Waals surface area contributed by atoms with Crippen molar-refractivity contribution in [1.82, 2.24) is 4.98 Å². The first-order valence-corrected chi connectivity index (χ1v) is 9.05. The van der Waals surface area contributed by atoms with Crippen LogP contribution >= 0.6 is 0 Å². The van der Waals surface area contributed by atoms with Gasteiger partial charge in [-0.25, -0.2) is 4.79 Å². The maximum Gasteiger partial charge on any atom is 0.355 e. The van der Waals surface area contributed by atoms with Gasteiger partial charge in [0.05, 0.1) is 12.7 Å². The monoisotopic (exact) mass is 355 g/mol. The molecule has 2 aromatic rings. The van der Waals surface area contributed by atoms with E-state index in [1.807, 2.05) is 44.2 Å². The van der Waals surface area contributed by atoms with Crippen LogP contribution in [0.2, 0.25) is 0 Å². The number of fused-ring (bicyclic) bond motifs is 1. The summed E-state index contributed by atoms with van der Waals surface area (Å²) in [6.45, 7) is 6.22. The molecule has 0 fully saturated rings. The number of carbonyl (C=O) groups excluding carboxylic acids is 2. The molecule has 0 saturated carbocycles. The highest BCUT2D eigenvalue weighted by molar-refractivity contribution is 6.03. The maximum atomic E-state index is 12.7. The summed E-state index contributed by atoms with van der Waals surface area (Å²) in [4.78, 5) is 28.2. The summed E-state index contributed by atoms with van der Waals surface area (Å²) in [6, 6.07) is 10.0. The van der Waals surface area contributed by atoms with E-state index in [-0.39, 0.29) is 24.4 Å². The molecular weight excluding hydrogens is 330 g/mol. The predicted octanol–water partition coefficient (Wildman–Crippen LogP) is 3.82. The van der Waals surface area contributed by atoms with Crippen LogP contribution < -0.4 is 0 Å². The third-order valence-corrected chi connectivity index (χ3v) is 4.73. The first kappa shape index (κ1) is 18.4. The number of ether oxygens (including phenoxy) is 2. The van der Waals surface area contributed by atoms with E-state index in [0.29, 0.717) is 29.8 Å². The molecule has 1 atom stereocenters. The molecule has 0 bridgehead atoms. The number of ketones is 1. The van der Waals surface area contributed by atoms with Crippen LogP contribution in [-0.2, 0) is 15.9 Å². The van der Waals surface area contributed by atoms with Crippen LogP contribution in [0.5, 0.6) is 0 Å². The second-order valence-corrected chi connectivity index (χ2v) is 6.97. The number of nitrogens with one attached hydrogen (secondary N) is 1. The summed E-state index contributed by atoms with van der Waals surface area (Å²) in [5.74, 6) is -0.220. The number of H-pyrrole nitrogens is 1. The van der Waals surface area contributed by atoms with Crippen molar-refractivity contribution in [2.45, 2.75) is 45.6 Å². The summed E-state index contributed by atoms with van der Waals surface area (Å²) in [6.07, 6.45) is 1.28. The van der Waals surface area contributed by atoms with Crippen LogP contribution in [0.1, 0.15) is 63.9 Å². The average molecular weight is 355 g/mol. The summed E-state index contributed by atoms with van der Waals surface area (Å²) in [5, 5.41) is 0. The Morgan fingerprint density at radius 2 is 1.92 bits per heavy atom. The quantitative estimate of drug-likeness (QED) is 0.632. The number of aromatic nitrogens is 1. The fraction of sp³-hybridized carbons (Fsp3) is 0.429. The van der Waals surface area contributed by atoms with Gasteiger partial charge in [-0.15, -0.1) is 0 Å². The van der Waals surface area contributed by atoms with E-state index in [4.69, 9.17) is 9.47 Å². The Hall–Kier alpha value is -2.40. The van der Waals surface area contributed by atoms with Gasteiger partial charge in [-0.2, -0.15) is 0 Å². The molecule has 1 aliphatic rings. The molecule has 138 valence electrons. The van der Waals surface area contributed by atoms with Gasteiger partial charge < -0.3 is 14.5 Å². The minimum absolute atomic E-state index is 0.0797. The standard InChI is InChI=1S/C21H25NO4/c1-13(2)25-9-10-26-21(24)20-14(3)19-17(22-20)11-16(12-18(19)23)15-7-5-4-6-8-15/h4-8,13,16,22H,9-12H2,1-3H3/t16-/m0/s1. The molecule has 1 aromatic carbocycles. The van der Waals surface area contributed by atoms with Crippen LogP contribution in [0.25, 0.3) is 0 Å². The number of benzene rings is 1. The van der Waals surface area contributed by atoms with Gasteiger partial charge in [0.15, 0.2) is 5.78 Å². The van der Waals surface area contributed by atoms with Crippen molar-refractivity contribution < 1.29 is 19.1 Å². The Balaban J connectivity index is 1.74. The van der Waals surface area contributed by atoms with E-state index in [1.54, 1.807) is 6.92 Å². The van der Waals surface area contributed by atoms with Crippen molar-refractivity contribution >= 4 is 11.8 Å². The van der Waals surface area contributed by atoms with Crippen molar-refractivity contribution in [3.8, 4) is 0 Å². The number of aromatic amines is 1. The molecule has 1 aromatic heterocycles. The Morgan fingerprint density at radius 3 is 2.62 bits per heavy atom. The molecule has 1 aliphatic carbocycles. The SMILES string of the molecule is Cc1c(C(=O)OCCOC(C)C)[nH]c2c1C(=O)C[C@@H](c1ccccc1)C2. The van der Waals surface area contributed by atoms with Gasteiger partial charge in [-0.05, 0) is 44.2 Å². The largest absolute Gasteiger partial charge is 0.459 e. The van der Waals surface area contributed by atoms with Gasteiger partial charge >= 0.3 is 5.97 Å². The van der Waals surface area contributed by atoms with Crippen molar-refractivity contribution in [2.24, 2.45) is 0 Å². The first-order valence-electron chi connectivity index (χ1n) is 9.05. The van der Waals surface area contributed by atoms with Crippen LogP contribution in [0, 0.1) is 6.92 Å². The molecule has 0 aliphatic heterocycles. The maximum absolute atomic E-state index is 12.7. The lowest BCUT2D eigenvalue weighted by atomic mass is 9.81. The van der Waals surface area contributed by atoms with E-state index in [1.165, 1.54) is 0 Å². The Morgan fingerprint density at radius 1 is 1.19 bits per heavy atom. The zero-order chi connectivity index (χ0) is 18.7.